The summed E-state index contributed by atoms with van der Waals surface area (Å²) < 4.78 is 33.4. The van der Waals surface area contributed by atoms with Crippen LogP contribution in [-0.4, -0.2) is 19.2 Å². The number of ether oxygens (including phenoxy) is 2. The molecule has 0 fully saturated rings. The molecule has 0 aliphatic heterocycles. The molecule has 0 unspecified atom stereocenters. The van der Waals surface area contributed by atoms with Crippen LogP contribution in [0.5, 0.6) is 5.75 Å². The summed E-state index contributed by atoms with van der Waals surface area (Å²) >= 11 is 1.67. The van der Waals surface area contributed by atoms with Gasteiger partial charge in [-0.05, 0) is 41.6 Å². The summed E-state index contributed by atoms with van der Waals surface area (Å²) in [5.41, 5.74) is -0.00225. The molecule has 18 heavy (non-hydrogen) atoms. The minimum atomic E-state index is -2.99. The molecule has 0 aliphatic carbocycles. The maximum absolute atomic E-state index is 12.1. The molecule has 4 nitrogen and oxygen atoms in total. The molecule has 0 heterocycles. The van der Waals surface area contributed by atoms with E-state index in [1.165, 1.54) is 12.1 Å². The molecule has 1 aromatic rings. The summed E-state index contributed by atoms with van der Waals surface area (Å²) in [6.07, 6.45) is 0. The number of nitrogens with zero attached hydrogens (tertiary/aromatic N) is 1. The number of alkyl halides is 2. The van der Waals surface area contributed by atoms with Gasteiger partial charge in [0.05, 0.1) is 21.3 Å². The van der Waals surface area contributed by atoms with E-state index >= 15 is 0 Å². The van der Waals surface area contributed by atoms with Gasteiger partial charge in [0, 0.05) is 0 Å². The van der Waals surface area contributed by atoms with E-state index in [4.69, 9.17) is 10.00 Å². The van der Waals surface area contributed by atoms with Gasteiger partial charge in [0.2, 0.25) is 0 Å². The zero-order valence-electron chi connectivity index (χ0n) is 9.25. The predicted octanol–water partition coefficient (Wildman–Crippen LogP) is 2.94. The van der Waals surface area contributed by atoms with Crippen molar-refractivity contribution in [2.24, 2.45) is 0 Å². The van der Waals surface area contributed by atoms with Crippen molar-refractivity contribution in [1.82, 2.24) is 0 Å². The lowest BCUT2D eigenvalue weighted by Gasteiger charge is -2.10. The number of carbonyl (C=O) groups excluding carboxylic acids is 1. The largest absolute Gasteiger partial charge is 0.462 e. The van der Waals surface area contributed by atoms with Crippen LogP contribution in [0.3, 0.4) is 0 Å². The lowest BCUT2D eigenvalue weighted by molar-refractivity contribution is -0.0504. The Balaban J connectivity index is 3.21. The Kier molecular flexibility index (Phi) is 5.27. The van der Waals surface area contributed by atoms with E-state index in [1.807, 2.05) is 0 Å². The first-order valence-corrected chi connectivity index (χ1v) is 5.93. The molecule has 96 valence electrons. The van der Waals surface area contributed by atoms with Crippen LogP contribution in [0.25, 0.3) is 0 Å². The quantitative estimate of drug-likeness (QED) is 0.607. The Labute approximate surface area is 116 Å². The van der Waals surface area contributed by atoms with Crippen molar-refractivity contribution in [3.05, 3.63) is 26.8 Å². The van der Waals surface area contributed by atoms with Crippen LogP contribution in [-0.2, 0) is 4.74 Å². The first-order chi connectivity index (χ1) is 8.51. The molecule has 7 heteroatoms. The summed E-state index contributed by atoms with van der Waals surface area (Å²) in [6, 6.07) is 4.23. The second-order valence-corrected chi connectivity index (χ2v) is 4.09. The third-order valence-corrected chi connectivity index (χ3v) is 3.00. The summed E-state index contributed by atoms with van der Waals surface area (Å²) in [5, 5.41) is 8.97. The second-order valence-electron chi connectivity index (χ2n) is 3.01. The average molecular weight is 367 g/mol. The van der Waals surface area contributed by atoms with Crippen molar-refractivity contribution in [1.29, 1.82) is 5.26 Å². The van der Waals surface area contributed by atoms with Crippen LogP contribution in [0.15, 0.2) is 12.1 Å². The first-order valence-electron chi connectivity index (χ1n) is 4.85. The van der Waals surface area contributed by atoms with Crippen LogP contribution in [0.2, 0.25) is 0 Å². The fourth-order valence-corrected chi connectivity index (χ4v) is 1.95. The molecule has 0 radical (unpaired) electrons. The van der Waals surface area contributed by atoms with Crippen LogP contribution < -0.4 is 4.74 Å². The minimum absolute atomic E-state index is 0.0327. The van der Waals surface area contributed by atoms with E-state index in [-0.39, 0.29) is 27.1 Å². The fraction of sp³-hybridized carbons (Fsp3) is 0.273. The molecule has 1 rings (SSSR count). The highest BCUT2D eigenvalue weighted by Gasteiger charge is 2.19. The van der Waals surface area contributed by atoms with Crippen molar-refractivity contribution in [3.8, 4) is 11.8 Å². The van der Waals surface area contributed by atoms with Crippen molar-refractivity contribution in [2.75, 3.05) is 6.61 Å². The molecule has 0 N–H and O–H groups in total. The Morgan fingerprint density at radius 1 is 1.56 bits per heavy atom. The maximum Gasteiger partial charge on any atom is 0.387 e. The second kappa shape index (κ2) is 6.49. The van der Waals surface area contributed by atoms with E-state index < -0.39 is 12.6 Å². The molecule has 0 amide bonds. The van der Waals surface area contributed by atoms with Crippen LogP contribution in [0, 0.1) is 14.9 Å². The number of esters is 1. The Morgan fingerprint density at radius 2 is 2.22 bits per heavy atom. The lowest BCUT2D eigenvalue weighted by Crippen LogP contribution is -2.10. The van der Waals surface area contributed by atoms with Crippen LogP contribution in [0.1, 0.15) is 22.8 Å². The molecule has 0 saturated heterocycles. The summed E-state index contributed by atoms with van der Waals surface area (Å²) in [5.74, 6) is -0.814. The van der Waals surface area contributed by atoms with E-state index in [1.54, 1.807) is 35.6 Å². The van der Waals surface area contributed by atoms with Gasteiger partial charge in [0.25, 0.3) is 0 Å². The van der Waals surface area contributed by atoms with Gasteiger partial charge in [-0.1, -0.05) is 0 Å². The molecule has 0 bridgehead atoms. The number of carbonyl (C=O) groups is 1. The van der Waals surface area contributed by atoms with Crippen molar-refractivity contribution < 1.29 is 23.0 Å². The zero-order chi connectivity index (χ0) is 13.7. The average Bonchev–Trinajstić information content (AvgIpc) is 2.31. The third-order valence-electron chi connectivity index (χ3n) is 1.93. The normalized spacial score (nSPS) is 10.0. The van der Waals surface area contributed by atoms with E-state index in [9.17, 15) is 13.6 Å². The van der Waals surface area contributed by atoms with Gasteiger partial charge in [-0.2, -0.15) is 14.0 Å². The smallest absolute Gasteiger partial charge is 0.387 e. The lowest BCUT2D eigenvalue weighted by atomic mass is 10.1. The standard InChI is InChI=1S/C11H8F2INO3/c1-2-17-10(16)6-3-4-8(18-11(12)13)9(14)7(6)5-15/h3-4,11H,2H2,1H3. The van der Waals surface area contributed by atoms with E-state index in [0.717, 1.165) is 0 Å². The van der Waals surface area contributed by atoms with Crippen LogP contribution in [0.4, 0.5) is 8.78 Å². The molecule has 1 aromatic carbocycles. The SMILES string of the molecule is CCOC(=O)c1ccc(OC(F)F)c(I)c1C#N. The monoisotopic (exact) mass is 367 g/mol. The van der Waals surface area contributed by atoms with E-state index in [2.05, 4.69) is 4.74 Å². The minimum Gasteiger partial charge on any atom is -0.462 e. The van der Waals surface area contributed by atoms with Crippen LogP contribution >= 0.6 is 22.6 Å². The summed E-state index contributed by atoms with van der Waals surface area (Å²) in [6.45, 7) is -1.20. The van der Waals surface area contributed by atoms with Crippen molar-refractivity contribution >= 4 is 28.6 Å². The van der Waals surface area contributed by atoms with Crippen molar-refractivity contribution in [2.45, 2.75) is 13.5 Å². The first kappa shape index (κ1) is 14.6. The van der Waals surface area contributed by atoms with Gasteiger partial charge < -0.3 is 9.47 Å². The number of hydrogen-bond acceptors (Lipinski definition) is 4. The van der Waals surface area contributed by atoms with Gasteiger partial charge in [-0.15, -0.1) is 0 Å². The van der Waals surface area contributed by atoms with Crippen molar-refractivity contribution in [3.63, 3.8) is 0 Å². The number of halogens is 3. The maximum atomic E-state index is 12.1. The molecule has 0 aliphatic rings. The predicted molar refractivity (Wildman–Crippen MR) is 66.5 cm³/mol. The molecule has 0 aromatic heterocycles. The highest BCUT2D eigenvalue weighted by molar-refractivity contribution is 14.1. The molecule has 0 spiro atoms. The topological polar surface area (TPSA) is 59.3 Å². The Morgan fingerprint density at radius 3 is 2.72 bits per heavy atom. The molecular formula is C11H8F2INO3. The fourth-order valence-electron chi connectivity index (χ4n) is 1.23. The van der Waals surface area contributed by atoms with E-state index in [0.29, 0.717) is 0 Å². The Bertz CT molecular complexity index is 500. The number of benzene rings is 1. The Hall–Kier alpha value is -1.43. The number of rotatable bonds is 4. The highest BCUT2D eigenvalue weighted by atomic mass is 127. The summed E-state index contributed by atoms with van der Waals surface area (Å²) in [4.78, 5) is 11.5. The highest BCUT2D eigenvalue weighted by Crippen LogP contribution is 2.28. The summed E-state index contributed by atoms with van der Waals surface area (Å²) in [7, 11) is 0. The zero-order valence-corrected chi connectivity index (χ0v) is 11.4. The number of nitriles is 1. The number of hydrogen-bond donors (Lipinski definition) is 0. The molecular weight excluding hydrogens is 359 g/mol. The molecule has 0 atom stereocenters. The van der Waals surface area contributed by atoms with Gasteiger partial charge in [0.1, 0.15) is 11.8 Å². The van der Waals surface area contributed by atoms with Gasteiger partial charge in [-0.25, -0.2) is 4.79 Å². The van der Waals surface area contributed by atoms with Gasteiger partial charge in [-0.3, -0.25) is 0 Å². The van der Waals surface area contributed by atoms with Gasteiger partial charge >= 0.3 is 12.6 Å². The third kappa shape index (κ3) is 3.29. The molecule has 0 saturated carbocycles. The van der Waals surface area contributed by atoms with Gasteiger partial charge in [0.15, 0.2) is 0 Å².